The normalized spacial score (nSPS) is 11.7. The van der Waals surface area contributed by atoms with E-state index in [1.54, 1.807) is 23.9 Å². The number of halogens is 3. The minimum atomic E-state index is -4.44. The highest BCUT2D eigenvalue weighted by atomic mass is 19.4. The number of fused-ring (bicyclic) bond motifs is 1. The van der Waals surface area contributed by atoms with Crippen LogP contribution in [0.2, 0.25) is 0 Å². The highest BCUT2D eigenvalue weighted by Crippen LogP contribution is 2.26. The van der Waals surface area contributed by atoms with Gasteiger partial charge in [-0.15, -0.1) is 0 Å². The predicted octanol–water partition coefficient (Wildman–Crippen LogP) is 2.76. The van der Waals surface area contributed by atoms with Crippen molar-refractivity contribution in [3.8, 4) is 5.75 Å². The molecular formula is C20H21F3N4O3. The standard InChI is InChI=1S/C20H21F3N4O3/c1-12-7-16-18(26-8-12)14(19(29)25-5-6-28)9-27(16)10-15-13(2)17(3-4-24-15)30-11-20(21,22)23/h3-4,7-9,28H,5-6,10-11H2,1-2H3,(H,25,29). The lowest BCUT2D eigenvalue weighted by Gasteiger charge is -2.14. The Morgan fingerprint density at radius 3 is 2.77 bits per heavy atom. The van der Waals surface area contributed by atoms with Gasteiger partial charge in [0.1, 0.15) is 11.3 Å². The maximum atomic E-state index is 12.5. The van der Waals surface area contributed by atoms with Crippen LogP contribution in [-0.2, 0) is 6.54 Å². The SMILES string of the molecule is Cc1cnc2c(C(=O)NCCO)cn(Cc3nccc(OCC(F)(F)F)c3C)c2c1. The maximum Gasteiger partial charge on any atom is 0.422 e. The van der Waals surface area contributed by atoms with Gasteiger partial charge in [0.15, 0.2) is 6.61 Å². The van der Waals surface area contributed by atoms with E-state index in [9.17, 15) is 18.0 Å². The molecule has 2 N–H and O–H groups in total. The molecule has 3 aromatic rings. The fraction of sp³-hybridized carbons (Fsp3) is 0.350. The number of ether oxygens (including phenoxy) is 1. The van der Waals surface area contributed by atoms with Gasteiger partial charge in [-0.2, -0.15) is 13.2 Å². The molecule has 0 saturated carbocycles. The van der Waals surface area contributed by atoms with Gasteiger partial charge < -0.3 is 19.7 Å². The number of pyridine rings is 2. The number of aliphatic hydroxyl groups is 1. The summed E-state index contributed by atoms with van der Waals surface area (Å²) >= 11 is 0. The Balaban J connectivity index is 1.96. The topological polar surface area (TPSA) is 89.3 Å². The molecular weight excluding hydrogens is 401 g/mol. The van der Waals surface area contributed by atoms with Crippen molar-refractivity contribution in [2.75, 3.05) is 19.8 Å². The van der Waals surface area contributed by atoms with Crippen molar-refractivity contribution in [3.63, 3.8) is 0 Å². The first-order chi connectivity index (χ1) is 14.2. The van der Waals surface area contributed by atoms with E-state index in [0.717, 1.165) is 5.56 Å². The zero-order valence-electron chi connectivity index (χ0n) is 16.5. The molecule has 0 radical (unpaired) electrons. The number of amides is 1. The third-order valence-electron chi connectivity index (χ3n) is 4.47. The summed E-state index contributed by atoms with van der Waals surface area (Å²) in [4.78, 5) is 21.1. The van der Waals surface area contributed by atoms with Crippen molar-refractivity contribution in [1.82, 2.24) is 19.9 Å². The monoisotopic (exact) mass is 422 g/mol. The van der Waals surface area contributed by atoms with Gasteiger partial charge in [-0.05, 0) is 31.5 Å². The summed E-state index contributed by atoms with van der Waals surface area (Å²) in [7, 11) is 0. The molecule has 0 aromatic carbocycles. The van der Waals surface area contributed by atoms with E-state index < -0.39 is 12.8 Å². The second-order valence-corrected chi connectivity index (χ2v) is 6.82. The summed E-state index contributed by atoms with van der Waals surface area (Å²) in [6.45, 7) is 2.25. The molecule has 0 fully saturated rings. The molecule has 3 rings (SSSR count). The lowest BCUT2D eigenvalue weighted by Crippen LogP contribution is -2.26. The number of alkyl halides is 3. The number of nitrogens with zero attached hydrogens (tertiary/aromatic N) is 3. The Morgan fingerprint density at radius 2 is 2.07 bits per heavy atom. The first-order valence-electron chi connectivity index (χ1n) is 9.18. The molecule has 0 bridgehead atoms. The lowest BCUT2D eigenvalue weighted by atomic mass is 10.2. The molecule has 0 atom stereocenters. The van der Waals surface area contributed by atoms with E-state index in [4.69, 9.17) is 9.84 Å². The van der Waals surface area contributed by atoms with Crippen LogP contribution in [0.4, 0.5) is 13.2 Å². The maximum absolute atomic E-state index is 12.5. The number of hydrogen-bond acceptors (Lipinski definition) is 5. The average Bonchev–Trinajstić information content (AvgIpc) is 3.03. The number of carbonyl (C=O) groups excluding carboxylic acids is 1. The molecule has 0 spiro atoms. The minimum absolute atomic E-state index is 0.101. The van der Waals surface area contributed by atoms with Crippen LogP contribution in [0.25, 0.3) is 11.0 Å². The number of hydrogen-bond donors (Lipinski definition) is 2. The molecule has 0 aliphatic heterocycles. The van der Waals surface area contributed by atoms with Gasteiger partial charge in [0, 0.05) is 30.7 Å². The Hall–Kier alpha value is -3.14. The highest BCUT2D eigenvalue weighted by molar-refractivity contribution is 6.05. The first kappa shape index (κ1) is 21.6. The molecule has 3 aromatic heterocycles. The fourth-order valence-corrected chi connectivity index (χ4v) is 3.02. The van der Waals surface area contributed by atoms with Gasteiger partial charge in [0.2, 0.25) is 0 Å². The zero-order chi connectivity index (χ0) is 21.9. The molecule has 7 nitrogen and oxygen atoms in total. The second kappa shape index (κ2) is 8.70. The number of nitrogens with one attached hydrogen (secondary N) is 1. The van der Waals surface area contributed by atoms with E-state index in [-0.39, 0.29) is 31.4 Å². The van der Waals surface area contributed by atoms with Crippen molar-refractivity contribution in [2.45, 2.75) is 26.6 Å². The van der Waals surface area contributed by atoms with Gasteiger partial charge in [-0.25, -0.2) is 0 Å². The average molecular weight is 422 g/mol. The summed E-state index contributed by atoms with van der Waals surface area (Å²) in [5, 5.41) is 11.5. The Labute approximate surface area is 170 Å². The molecule has 0 aliphatic carbocycles. The van der Waals surface area contributed by atoms with Crippen LogP contribution in [0.15, 0.2) is 30.7 Å². The smallest absolute Gasteiger partial charge is 0.422 e. The third kappa shape index (κ3) is 4.88. The van der Waals surface area contributed by atoms with Crippen molar-refractivity contribution in [1.29, 1.82) is 0 Å². The molecule has 3 heterocycles. The van der Waals surface area contributed by atoms with Gasteiger partial charge in [0.05, 0.1) is 29.9 Å². The zero-order valence-corrected chi connectivity index (χ0v) is 16.5. The largest absolute Gasteiger partial charge is 0.484 e. The van der Waals surface area contributed by atoms with Crippen LogP contribution in [0.1, 0.15) is 27.2 Å². The third-order valence-corrected chi connectivity index (χ3v) is 4.47. The molecule has 0 unspecified atom stereocenters. The summed E-state index contributed by atoms with van der Waals surface area (Å²) in [6, 6.07) is 3.25. The summed E-state index contributed by atoms with van der Waals surface area (Å²) in [5.41, 5.74) is 3.38. The molecule has 10 heteroatoms. The molecule has 160 valence electrons. The molecule has 1 amide bonds. The van der Waals surface area contributed by atoms with Gasteiger partial charge in [0.25, 0.3) is 5.91 Å². The molecule has 0 saturated heterocycles. The van der Waals surface area contributed by atoms with Crippen LogP contribution >= 0.6 is 0 Å². The minimum Gasteiger partial charge on any atom is -0.484 e. The van der Waals surface area contributed by atoms with E-state index >= 15 is 0 Å². The van der Waals surface area contributed by atoms with Crippen LogP contribution in [0.3, 0.4) is 0 Å². The molecule has 0 aliphatic rings. The van der Waals surface area contributed by atoms with Crippen LogP contribution < -0.4 is 10.1 Å². The lowest BCUT2D eigenvalue weighted by molar-refractivity contribution is -0.153. The van der Waals surface area contributed by atoms with Crippen LogP contribution in [0, 0.1) is 13.8 Å². The van der Waals surface area contributed by atoms with Gasteiger partial charge in [-0.1, -0.05) is 0 Å². The van der Waals surface area contributed by atoms with Crippen molar-refractivity contribution in [3.05, 3.63) is 53.1 Å². The number of rotatable bonds is 7. The molecule has 30 heavy (non-hydrogen) atoms. The number of carbonyl (C=O) groups is 1. The van der Waals surface area contributed by atoms with Crippen LogP contribution in [0.5, 0.6) is 5.75 Å². The van der Waals surface area contributed by atoms with E-state index in [1.807, 2.05) is 13.0 Å². The Kier molecular flexibility index (Phi) is 6.25. The predicted molar refractivity (Wildman–Crippen MR) is 104 cm³/mol. The summed E-state index contributed by atoms with van der Waals surface area (Å²) in [6.07, 6.45) is 0.212. The van der Waals surface area contributed by atoms with Gasteiger partial charge >= 0.3 is 6.18 Å². The van der Waals surface area contributed by atoms with E-state index in [0.29, 0.717) is 27.9 Å². The number of aromatic nitrogens is 3. The van der Waals surface area contributed by atoms with Gasteiger partial charge in [-0.3, -0.25) is 14.8 Å². The Bertz CT molecular complexity index is 1060. The fourth-order valence-electron chi connectivity index (χ4n) is 3.02. The van der Waals surface area contributed by atoms with Crippen molar-refractivity contribution >= 4 is 16.9 Å². The van der Waals surface area contributed by atoms with E-state index in [1.165, 1.54) is 12.3 Å². The summed E-state index contributed by atoms with van der Waals surface area (Å²) in [5.74, 6) is -0.278. The Morgan fingerprint density at radius 1 is 1.30 bits per heavy atom. The van der Waals surface area contributed by atoms with Crippen molar-refractivity contribution in [2.24, 2.45) is 0 Å². The number of aliphatic hydroxyl groups excluding tert-OH is 1. The second-order valence-electron chi connectivity index (χ2n) is 6.82. The number of aryl methyl sites for hydroxylation is 1. The van der Waals surface area contributed by atoms with Crippen LogP contribution in [-0.4, -0.2) is 51.5 Å². The quantitative estimate of drug-likeness (QED) is 0.611. The summed E-state index contributed by atoms with van der Waals surface area (Å²) < 4.78 is 44.2. The van der Waals surface area contributed by atoms with E-state index in [2.05, 4.69) is 15.3 Å². The highest BCUT2D eigenvalue weighted by Gasteiger charge is 2.29. The van der Waals surface area contributed by atoms with Crippen molar-refractivity contribution < 1.29 is 27.8 Å². The first-order valence-corrected chi connectivity index (χ1v) is 9.18.